The molecule has 2 heterocycles. The van der Waals surface area contributed by atoms with Gasteiger partial charge in [0.2, 0.25) is 0 Å². The fourth-order valence-corrected chi connectivity index (χ4v) is 10.5. The summed E-state index contributed by atoms with van der Waals surface area (Å²) in [6, 6.07) is 70.8. The molecule has 9 aromatic carbocycles. The van der Waals surface area contributed by atoms with Gasteiger partial charge >= 0.3 is 0 Å². The number of benzene rings is 9. The lowest BCUT2D eigenvalue weighted by molar-refractivity contribution is 1.26. The van der Waals surface area contributed by atoms with E-state index in [0.29, 0.717) is 0 Å². The first kappa shape index (κ1) is 31.2. The van der Waals surface area contributed by atoms with Gasteiger partial charge in [-0.15, -0.1) is 11.3 Å². The van der Waals surface area contributed by atoms with Crippen LogP contribution in [0.4, 0.5) is 34.1 Å². The molecule has 1 aromatic heterocycles. The molecule has 0 saturated heterocycles. The maximum absolute atomic E-state index is 2.41. The Labute approximate surface area is 322 Å². The Kier molecular flexibility index (Phi) is 7.32. The Bertz CT molecular complexity index is 2990. The van der Waals surface area contributed by atoms with Crippen LogP contribution in [-0.2, 0) is 0 Å². The van der Waals surface area contributed by atoms with E-state index in [0.717, 1.165) is 34.1 Å². The minimum atomic E-state index is 1.14. The summed E-state index contributed by atoms with van der Waals surface area (Å²) in [5, 5.41) is 7.74. The standard InChI is InChI=1S/C50H32N2S2/c1-4-13-34(14-5-1)51(35-15-6-2-7-16-35)38-26-28-42-45-29-33-23-24-37(30-44(33)43-20-12-22-47(50(43)45)54-49(42)31-38)52(36-17-8-3-9-18-36)39-25-27-41-40-19-10-11-21-46(40)53-48(41)32-39/h1-32H. The summed E-state index contributed by atoms with van der Waals surface area (Å²) in [6.45, 7) is 0. The van der Waals surface area contributed by atoms with Gasteiger partial charge in [0.25, 0.3) is 0 Å². The highest BCUT2D eigenvalue weighted by Gasteiger charge is 2.24. The zero-order valence-corrected chi connectivity index (χ0v) is 30.8. The second-order valence-corrected chi connectivity index (χ2v) is 15.9. The molecule has 1 aliphatic heterocycles. The zero-order chi connectivity index (χ0) is 35.6. The van der Waals surface area contributed by atoms with Crippen molar-refractivity contribution < 1.29 is 0 Å². The number of anilines is 6. The first-order valence-electron chi connectivity index (χ1n) is 18.3. The number of hydrogen-bond donors (Lipinski definition) is 0. The van der Waals surface area contributed by atoms with Crippen LogP contribution in [0, 0.1) is 0 Å². The van der Waals surface area contributed by atoms with Crippen molar-refractivity contribution in [3.05, 3.63) is 194 Å². The SMILES string of the molecule is c1ccc(N(c2ccccc2)c2ccc3c(c2)Sc2cccc4c2c-3cc2ccc(N(c3ccccc3)c3ccc5c(c3)sc3ccccc35)cc24)cc1. The van der Waals surface area contributed by atoms with Crippen LogP contribution in [0.15, 0.2) is 204 Å². The smallest absolute Gasteiger partial charge is 0.0476 e. The molecule has 0 unspecified atom stereocenters. The minimum Gasteiger partial charge on any atom is -0.310 e. The third-order valence-corrected chi connectivity index (χ3v) is 12.8. The van der Waals surface area contributed by atoms with E-state index in [1.807, 2.05) is 23.1 Å². The van der Waals surface area contributed by atoms with E-state index in [9.17, 15) is 0 Å². The normalized spacial score (nSPS) is 12.0. The van der Waals surface area contributed by atoms with Gasteiger partial charge in [0.05, 0.1) is 0 Å². The lowest BCUT2D eigenvalue weighted by Gasteiger charge is -2.28. The zero-order valence-electron chi connectivity index (χ0n) is 29.2. The molecular formula is C50H32N2S2. The van der Waals surface area contributed by atoms with Crippen molar-refractivity contribution in [1.29, 1.82) is 0 Å². The molecule has 0 spiro atoms. The number of nitrogens with zero attached hydrogens (tertiary/aromatic N) is 2. The highest BCUT2D eigenvalue weighted by molar-refractivity contribution is 7.99. The number of rotatable bonds is 6. The number of para-hydroxylation sites is 3. The maximum atomic E-state index is 2.41. The van der Waals surface area contributed by atoms with Crippen molar-refractivity contribution in [3.8, 4) is 11.1 Å². The molecule has 54 heavy (non-hydrogen) atoms. The molecule has 1 aliphatic rings. The van der Waals surface area contributed by atoms with Crippen molar-refractivity contribution >= 4 is 98.9 Å². The quantitative estimate of drug-likeness (QED) is 0.158. The van der Waals surface area contributed by atoms with Crippen molar-refractivity contribution in [1.82, 2.24) is 0 Å². The predicted octanol–water partition coefficient (Wildman–Crippen LogP) is 15.4. The van der Waals surface area contributed by atoms with Crippen molar-refractivity contribution in [2.45, 2.75) is 9.79 Å². The predicted molar refractivity (Wildman–Crippen MR) is 233 cm³/mol. The minimum absolute atomic E-state index is 1.14. The van der Waals surface area contributed by atoms with Gasteiger partial charge in [-0.3, -0.25) is 0 Å². The van der Waals surface area contributed by atoms with E-state index in [2.05, 4.69) is 204 Å². The molecule has 0 fully saturated rings. The Balaban J connectivity index is 1.05. The van der Waals surface area contributed by atoms with Gasteiger partial charge in [-0.05, 0) is 118 Å². The molecule has 0 radical (unpaired) electrons. The van der Waals surface area contributed by atoms with Crippen LogP contribution in [0.5, 0.6) is 0 Å². The van der Waals surface area contributed by atoms with Crippen LogP contribution in [0.2, 0.25) is 0 Å². The molecule has 11 rings (SSSR count). The molecule has 0 atom stereocenters. The van der Waals surface area contributed by atoms with E-state index < -0.39 is 0 Å². The van der Waals surface area contributed by atoms with Gasteiger partial charge in [0, 0.05) is 69.5 Å². The van der Waals surface area contributed by atoms with Gasteiger partial charge in [-0.25, -0.2) is 0 Å². The Morgan fingerprint density at radius 2 is 0.889 bits per heavy atom. The molecule has 10 aromatic rings. The van der Waals surface area contributed by atoms with Crippen molar-refractivity contribution in [3.63, 3.8) is 0 Å². The average Bonchev–Trinajstić information content (AvgIpc) is 3.60. The number of hydrogen-bond acceptors (Lipinski definition) is 4. The van der Waals surface area contributed by atoms with Gasteiger partial charge in [-0.2, -0.15) is 0 Å². The summed E-state index contributed by atoms with van der Waals surface area (Å²) in [5.74, 6) is 0. The Morgan fingerprint density at radius 3 is 1.63 bits per heavy atom. The van der Waals surface area contributed by atoms with Gasteiger partial charge in [0.1, 0.15) is 0 Å². The van der Waals surface area contributed by atoms with Crippen LogP contribution in [-0.4, -0.2) is 0 Å². The monoisotopic (exact) mass is 724 g/mol. The van der Waals surface area contributed by atoms with Gasteiger partial charge < -0.3 is 9.80 Å². The first-order valence-corrected chi connectivity index (χ1v) is 19.9. The summed E-state index contributed by atoms with van der Waals surface area (Å²) in [6.07, 6.45) is 0. The topological polar surface area (TPSA) is 6.48 Å². The highest BCUT2D eigenvalue weighted by atomic mass is 32.2. The lowest BCUT2D eigenvalue weighted by atomic mass is 9.92. The largest absolute Gasteiger partial charge is 0.310 e. The molecule has 0 bridgehead atoms. The van der Waals surface area contributed by atoms with E-state index in [1.54, 1.807) is 0 Å². The fraction of sp³-hybridized carbons (Fsp3) is 0. The van der Waals surface area contributed by atoms with E-state index in [1.165, 1.54) is 62.6 Å². The second kappa shape index (κ2) is 12.7. The summed E-state index contributed by atoms with van der Waals surface area (Å²) in [5.41, 5.74) is 9.44. The summed E-state index contributed by atoms with van der Waals surface area (Å²) in [4.78, 5) is 7.30. The summed E-state index contributed by atoms with van der Waals surface area (Å²) < 4.78 is 2.62. The highest BCUT2D eigenvalue weighted by Crippen LogP contribution is 2.52. The first-order chi connectivity index (χ1) is 26.8. The third kappa shape index (κ3) is 5.10. The molecule has 4 heteroatoms. The molecule has 0 N–H and O–H groups in total. The molecule has 0 aliphatic carbocycles. The molecule has 0 saturated carbocycles. The summed E-state index contributed by atoms with van der Waals surface area (Å²) in [7, 11) is 0. The van der Waals surface area contributed by atoms with Crippen LogP contribution in [0.3, 0.4) is 0 Å². The molecular weight excluding hydrogens is 693 g/mol. The molecule has 2 nitrogen and oxygen atoms in total. The van der Waals surface area contributed by atoms with Crippen molar-refractivity contribution in [2.75, 3.05) is 9.80 Å². The van der Waals surface area contributed by atoms with Gasteiger partial charge in [0.15, 0.2) is 0 Å². The molecule has 0 amide bonds. The van der Waals surface area contributed by atoms with Gasteiger partial charge in [-0.1, -0.05) is 115 Å². The van der Waals surface area contributed by atoms with Crippen LogP contribution in [0.25, 0.3) is 52.8 Å². The maximum Gasteiger partial charge on any atom is 0.0476 e. The second-order valence-electron chi connectivity index (χ2n) is 13.7. The molecule has 254 valence electrons. The van der Waals surface area contributed by atoms with Crippen LogP contribution < -0.4 is 9.80 Å². The lowest BCUT2D eigenvalue weighted by Crippen LogP contribution is -2.10. The Morgan fingerprint density at radius 1 is 0.315 bits per heavy atom. The van der Waals surface area contributed by atoms with E-state index >= 15 is 0 Å². The van der Waals surface area contributed by atoms with Crippen LogP contribution >= 0.6 is 23.1 Å². The fourth-order valence-electron chi connectivity index (χ4n) is 8.16. The summed E-state index contributed by atoms with van der Waals surface area (Å²) >= 11 is 3.74. The van der Waals surface area contributed by atoms with Crippen molar-refractivity contribution in [2.24, 2.45) is 0 Å². The third-order valence-electron chi connectivity index (χ3n) is 10.6. The Hall–Kier alpha value is -6.33. The average molecular weight is 725 g/mol. The van der Waals surface area contributed by atoms with E-state index in [-0.39, 0.29) is 0 Å². The number of fused-ring (bicyclic) bond motifs is 7. The van der Waals surface area contributed by atoms with E-state index in [4.69, 9.17) is 0 Å². The number of thiophene rings is 1. The van der Waals surface area contributed by atoms with Crippen LogP contribution in [0.1, 0.15) is 0 Å².